The van der Waals surface area contributed by atoms with Gasteiger partial charge in [-0.15, -0.1) is 0 Å². The van der Waals surface area contributed by atoms with Crippen LogP contribution < -0.4 is 0 Å². The highest BCUT2D eigenvalue weighted by molar-refractivity contribution is 9.10. The number of hydrogen-bond acceptors (Lipinski definition) is 3. The molecule has 1 amide bonds. The van der Waals surface area contributed by atoms with E-state index in [1.54, 1.807) is 24.3 Å². The van der Waals surface area contributed by atoms with Gasteiger partial charge in [-0.3, -0.25) is 4.79 Å². The Hall–Kier alpha value is -0.920. The lowest BCUT2D eigenvalue weighted by molar-refractivity contribution is -0.139. The van der Waals surface area contributed by atoms with Crippen LogP contribution in [0.4, 0.5) is 0 Å². The normalized spacial score (nSPS) is 26.6. The molecule has 2 aliphatic rings. The molecule has 144 valence electrons. The van der Waals surface area contributed by atoms with Crippen LogP contribution in [0.5, 0.6) is 0 Å². The van der Waals surface area contributed by atoms with Crippen molar-refractivity contribution in [2.45, 2.75) is 50.0 Å². The molecule has 1 heterocycles. The third kappa shape index (κ3) is 3.99. The van der Waals surface area contributed by atoms with Crippen LogP contribution in [-0.2, 0) is 14.8 Å². The van der Waals surface area contributed by atoms with E-state index in [1.165, 1.54) is 24.2 Å². The number of sulfonamides is 1. The minimum absolute atomic E-state index is 0.0722. The van der Waals surface area contributed by atoms with Crippen molar-refractivity contribution in [2.75, 3.05) is 20.1 Å². The lowest BCUT2D eigenvalue weighted by Gasteiger charge is -2.47. The molecule has 1 aliphatic heterocycles. The van der Waals surface area contributed by atoms with Crippen molar-refractivity contribution in [1.29, 1.82) is 0 Å². The molecule has 0 spiro atoms. The van der Waals surface area contributed by atoms with E-state index in [2.05, 4.69) is 22.9 Å². The number of benzene rings is 1. The van der Waals surface area contributed by atoms with Crippen LogP contribution in [0.15, 0.2) is 33.6 Å². The average molecular weight is 443 g/mol. The van der Waals surface area contributed by atoms with Gasteiger partial charge in [0.15, 0.2) is 0 Å². The summed E-state index contributed by atoms with van der Waals surface area (Å²) in [5, 5.41) is 0. The number of likely N-dealkylation sites (tertiary alicyclic amines) is 1. The minimum atomic E-state index is -3.66. The van der Waals surface area contributed by atoms with E-state index in [0.29, 0.717) is 11.8 Å². The van der Waals surface area contributed by atoms with Crippen LogP contribution >= 0.6 is 15.9 Å². The van der Waals surface area contributed by atoms with Crippen LogP contribution in [0.25, 0.3) is 0 Å². The molecule has 3 rings (SSSR count). The van der Waals surface area contributed by atoms with Gasteiger partial charge in [-0.05, 0) is 55.4 Å². The molecule has 1 aromatic carbocycles. The second-order valence-electron chi connectivity index (χ2n) is 7.58. The lowest BCUT2D eigenvalue weighted by atomic mass is 9.72. The molecular weight excluding hydrogens is 416 g/mol. The Bertz CT molecular complexity index is 751. The summed E-state index contributed by atoms with van der Waals surface area (Å²) in [6, 6.07) is 6.78. The van der Waals surface area contributed by atoms with Crippen molar-refractivity contribution in [3.05, 3.63) is 28.7 Å². The largest absolute Gasteiger partial charge is 0.338 e. The molecule has 1 aromatic rings. The third-order valence-corrected chi connectivity index (χ3v) is 8.28. The zero-order valence-corrected chi connectivity index (χ0v) is 17.8. The van der Waals surface area contributed by atoms with E-state index in [0.717, 1.165) is 30.3 Å². The zero-order chi connectivity index (χ0) is 18.9. The van der Waals surface area contributed by atoms with Crippen LogP contribution in [0, 0.1) is 11.8 Å². The van der Waals surface area contributed by atoms with Crippen molar-refractivity contribution in [1.82, 2.24) is 9.21 Å². The summed E-state index contributed by atoms with van der Waals surface area (Å²) >= 11 is 3.31. The topological polar surface area (TPSA) is 57.7 Å². The molecule has 7 heteroatoms. The smallest absolute Gasteiger partial charge is 0.243 e. The fourth-order valence-corrected chi connectivity index (χ4v) is 5.76. The maximum absolute atomic E-state index is 12.9. The fourth-order valence-electron chi connectivity index (χ4n) is 4.38. The Kier molecular flexibility index (Phi) is 6.09. The molecule has 0 aromatic heterocycles. The number of nitrogens with zero attached hydrogens (tertiary/aromatic N) is 2. The maximum Gasteiger partial charge on any atom is 0.243 e. The fraction of sp³-hybridized carbons (Fsp3) is 0.632. The van der Waals surface area contributed by atoms with E-state index < -0.39 is 10.0 Å². The van der Waals surface area contributed by atoms with Crippen LogP contribution in [-0.4, -0.2) is 49.7 Å². The van der Waals surface area contributed by atoms with Crippen molar-refractivity contribution in [3.8, 4) is 0 Å². The zero-order valence-electron chi connectivity index (χ0n) is 15.4. The molecule has 3 unspecified atom stereocenters. The molecule has 2 fully saturated rings. The Labute approximate surface area is 164 Å². The number of carbonyl (C=O) groups excluding carboxylic acids is 1. The first kappa shape index (κ1) is 19.8. The summed E-state index contributed by atoms with van der Waals surface area (Å²) in [5.74, 6) is 1.14. The number of carbonyl (C=O) groups is 1. The summed E-state index contributed by atoms with van der Waals surface area (Å²) in [6.07, 6.45) is 5.64. The molecule has 0 N–H and O–H groups in total. The number of amides is 1. The lowest BCUT2D eigenvalue weighted by Crippen LogP contribution is -2.54. The summed E-state index contributed by atoms with van der Waals surface area (Å²) in [7, 11) is -2.18. The third-order valence-electron chi connectivity index (χ3n) is 5.94. The highest BCUT2D eigenvalue weighted by Crippen LogP contribution is 2.38. The predicted octanol–water partition coefficient (Wildman–Crippen LogP) is 3.50. The minimum Gasteiger partial charge on any atom is -0.338 e. The van der Waals surface area contributed by atoms with Gasteiger partial charge in [-0.2, -0.15) is 4.31 Å². The molecule has 1 saturated carbocycles. The highest BCUT2D eigenvalue weighted by atomic mass is 79.9. The monoisotopic (exact) mass is 442 g/mol. The molecule has 26 heavy (non-hydrogen) atoms. The van der Waals surface area contributed by atoms with Gasteiger partial charge in [-0.25, -0.2) is 8.42 Å². The summed E-state index contributed by atoms with van der Waals surface area (Å²) < 4.78 is 27.5. The summed E-state index contributed by atoms with van der Waals surface area (Å²) in [4.78, 5) is 15.1. The standard InChI is InChI=1S/C19H27BrN2O3S/c1-14-11-12-22(18-6-4-3-5-17(14)18)19(23)13-21(2)26(24,25)16-9-7-15(20)8-10-16/h7-10,14,17-18H,3-6,11-13H2,1-2H3. The van der Waals surface area contributed by atoms with Gasteiger partial charge in [0.2, 0.25) is 15.9 Å². The SMILES string of the molecule is CC1CCN(C(=O)CN(C)S(=O)(=O)c2ccc(Br)cc2)C2CCCCC12. The first-order valence-corrected chi connectivity index (χ1v) is 11.6. The van der Waals surface area contributed by atoms with Gasteiger partial charge >= 0.3 is 0 Å². The molecule has 5 nitrogen and oxygen atoms in total. The van der Waals surface area contributed by atoms with Gasteiger partial charge < -0.3 is 4.90 Å². The number of rotatable bonds is 4. The number of hydrogen-bond donors (Lipinski definition) is 0. The van der Waals surface area contributed by atoms with Gasteiger partial charge in [0, 0.05) is 24.1 Å². The van der Waals surface area contributed by atoms with Crippen molar-refractivity contribution < 1.29 is 13.2 Å². The van der Waals surface area contributed by atoms with Crippen LogP contribution in [0.3, 0.4) is 0 Å². The molecule has 0 radical (unpaired) electrons. The van der Waals surface area contributed by atoms with E-state index in [4.69, 9.17) is 0 Å². The molecule has 3 atom stereocenters. The van der Waals surface area contributed by atoms with Crippen molar-refractivity contribution in [2.24, 2.45) is 11.8 Å². The second kappa shape index (κ2) is 7.98. The number of piperidine rings is 1. The predicted molar refractivity (Wildman–Crippen MR) is 105 cm³/mol. The van der Waals surface area contributed by atoms with Crippen LogP contribution in [0.2, 0.25) is 0 Å². The van der Waals surface area contributed by atoms with E-state index in [9.17, 15) is 13.2 Å². The van der Waals surface area contributed by atoms with Crippen molar-refractivity contribution in [3.63, 3.8) is 0 Å². The van der Waals surface area contributed by atoms with E-state index in [-0.39, 0.29) is 23.4 Å². The Morgan fingerprint density at radius 3 is 2.54 bits per heavy atom. The molecular formula is C19H27BrN2O3S. The second-order valence-corrected chi connectivity index (χ2v) is 10.5. The summed E-state index contributed by atoms with van der Waals surface area (Å²) in [5.41, 5.74) is 0. The number of halogens is 1. The van der Waals surface area contributed by atoms with E-state index in [1.807, 2.05) is 4.90 Å². The van der Waals surface area contributed by atoms with Gasteiger partial charge in [-0.1, -0.05) is 35.7 Å². The highest BCUT2D eigenvalue weighted by Gasteiger charge is 2.40. The van der Waals surface area contributed by atoms with Crippen LogP contribution in [0.1, 0.15) is 39.0 Å². The maximum atomic E-state index is 12.9. The van der Waals surface area contributed by atoms with Crippen molar-refractivity contribution >= 4 is 31.9 Å². The first-order valence-electron chi connectivity index (χ1n) is 9.32. The molecule has 1 aliphatic carbocycles. The first-order chi connectivity index (χ1) is 12.3. The Morgan fingerprint density at radius 1 is 1.19 bits per heavy atom. The van der Waals surface area contributed by atoms with E-state index >= 15 is 0 Å². The number of likely N-dealkylation sites (N-methyl/N-ethyl adjacent to an activating group) is 1. The average Bonchev–Trinajstić information content (AvgIpc) is 2.62. The summed E-state index contributed by atoms with van der Waals surface area (Å²) in [6.45, 7) is 2.93. The van der Waals surface area contributed by atoms with Gasteiger partial charge in [0.1, 0.15) is 0 Å². The molecule has 0 bridgehead atoms. The Balaban J connectivity index is 1.71. The van der Waals surface area contributed by atoms with Gasteiger partial charge in [0.05, 0.1) is 11.4 Å². The quantitative estimate of drug-likeness (QED) is 0.716. The van der Waals surface area contributed by atoms with Gasteiger partial charge in [0.25, 0.3) is 0 Å². The Morgan fingerprint density at radius 2 is 1.85 bits per heavy atom. The molecule has 1 saturated heterocycles. The number of fused-ring (bicyclic) bond motifs is 1.